The number of hydrogen-bond donors (Lipinski definition) is 1. The van der Waals surface area contributed by atoms with E-state index in [0.717, 1.165) is 21.0 Å². The number of furan rings is 1. The van der Waals surface area contributed by atoms with Gasteiger partial charge in [0, 0.05) is 16.8 Å². The average molecular weight is 402 g/mol. The number of thioether (sulfide) groups is 1. The van der Waals surface area contributed by atoms with Crippen molar-refractivity contribution in [2.75, 3.05) is 17.7 Å². The van der Waals surface area contributed by atoms with E-state index in [9.17, 15) is 0 Å². The van der Waals surface area contributed by atoms with Crippen molar-refractivity contribution in [3.05, 3.63) is 52.4 Å². The number of hydrogen-bond acceptors (Lipinski definition) is 7. The lowest BCUT2D eigenvalue weighted by atomic mass is 10.3. The van der Waals surface area contributed by atoms with Gasteiger partial charge < -0.3 is 14.5 Å². The number of halogens is 2. The zero-order valence-electron chi connectivity index (χ0n) is 12.4. The topological polar surface area (TPSA) is 60.2 Å². The quantitative estimate of drug-likeness (QED) is 0.412. The summed E-state index contributed by atoms with van der Waals surface area (Å²) in [6.07, 6.45) is 1.64. The van der Waals surface area contributed by atoms with Crippen molar-refractivity contribution in [2.24, 2.45) is 0 Å². The van der Waals surface area contributed by atoms with Crippen molar-refractivity contribution in [1.82, 2.24) is 10.2 Å². The van der Waals surface area contributed by atoms with Gasteiger partial charge in [-0.3, -0.25) is 0 Å². The summed E-state index contributed by atoms with van der Waals surface area (Å²) < 4.78 is 11.8. The van der Waals surface area contributed by atoms with Crippen LogP contribution >= 0.6 is 46.3 Å². The number of nitrogens with zero attached hydrogens (tertiary/aromatic N) is 2. The molecule has 5 nitrogen and oxygen atoms in total. The smallest absolute Gasteiger partial charge is 0.206 e. The van der Waals surface area contributed by atoms with Gasteiger partial charge in [0.15, 0.2) is 4.34 Å². The van der Waals surface area contributed by atoms with E-state index in [4.69, 9.17) is 32.4 Å². The lowest BCUT2D eigenvalue weighted by Crippen LogP contribution is -2.00. The zero-order chi connectivity index (χ0) is 16.8. The van der Waals surface area contributed by atoms with Crippen LogP contribution in [0.3, 0.4) is 0 Å². The molecule has 3 rings (SSSR count). The second kappa shape index (κ2) is 8.62. The van der Waals surface area contributed by atoms with Crippen LogP contribution in [0.15, 0.2) is 45.4 Å². The Kier molecular flexibility index (Phi) is 6.25. The third-order valence-corrected chi connectivity index (χ3v) is 5.39. The Hall–Kier alpha value is -1.41. The first-order valence-electron chi connectivity index (χ1n) is 7.01. The SMILES string of the molecule is Clc1ccc(Cl)c(OCCSc2nnc(NCc3ccco3)s2)c1. The number of anilines is 1. The van der Waals surface area contributed by atoms with Crippen molar-refractivity contribution in [1.29, 1.82) is 0 Å². The third kappa shape index (κ3) is 5.04. The highest BCUT2D eigenvalue weighted by Gasteiger charge is 2.06. The number of benzene rings is 1. The molecule has 0 saturated heterocycles. The molecule has 9 heteroatoms. The summed E-state index contributed by atoms with van der Waals surface area (Å²) in [7, 11) is 0. The maximum Gasteiger partial charge on any atom is 0.206 e. The summed E-state index contributed by atoms with van der Waals surface area (Å²) in [5, 5.41) is 13.3. The van der Waals surface area contributed by atoms with Gasteiger partial charge in [-0.15, -0.1) is 10.2 Å². The Bertz CT molecular complexity index is 781. The zero-order valence-corrected chi connectivity index (χ0v) is 15.5. The van der Waals surface area contributed by atoms with Crippen LogP contribution in [0.1, 0.15) is 5.76 Å². The fourth-order valence-electron chi connectivity index (χ4n) is 1.78. The highest BCUT2D eigenvalue weighted by Crippen LogP contribution is 2.29. The highest BCUT2D eigenvalue weighted by atomic mass is 35.5. The van der Waals surface area contributed by atoms with Crippen LogP contribution in [0.2, 0.25) is 10.0 Å². The molecule has 0 atom stereocenters. The molecule has 2 aromatic heterocycles. The Labute approximate surface area is 157 Å². The van der Waals surface area contributed by atoms with Crippen LogP contribution < -0.4 is 10.1 Å². The molecule has 1 aromatic carbocycles. The molecule has 0 aliphatic carbocycles. The van der Waals surface area contributed by atoms with Crippen LogP contribution in [0.5, 0.6) is 5.75 Å². The fourth-order valence-corrected chi connectivity index (χ4v) is 3.75. The van der Waals surface area contributed by atoms with Gasteiger partial charge in [-0.05, 0) is 24.3 Å². The second-order valence-corrected chi connectivity index (χ2v) is 7.74. The van der Waals surface area contributed by atoms with Gasteiger partial charge in [-0.1, -0.05) is 46.3 Å². The molecule has 0 aliphatic heterocycles. The molecule has 0 bridgehead atoms. The van der Waals surface area contributed by atoms with E-state index in [2.05, 4.69) is 15.5 Å². The van der Waals surface area contributed by atoms with E-state index in [1.165, 1.54) is 11.3 Å². The van der Waals surface area contributed by atoms with Crippen LogP contribution in [-0.4, -0.2) is 22.6 Å². The first-order chi connectivity index (χ1) is 11.7. The van der Waals surface area contributed by atoms with E-state index in [0.29, 0.717) is 28.9 Å². The minimum Gasteiger partial charge on any atom is -0.491 e. The largest absolute Gasteiger partial charge is 0.491 e. The molecule has 0 saturated carbocycles. The molecule has 0 spiro atoms. The highest BCUT2D eigenvalue weighted by molar-refractivity contribution is 8.01. The Morgan fingerprint density at radius 2 is 2.17 bits per heavy atom. The van der Waals surface area contributed by atoms with Gasteiger partial charge >= 0.3 is 0 Å². The van der Waals surface area contributed by atoms with Crippen molar-refractivity contribution >= 4 is 51.4 Å². The lowest BCUT2D eigenvalue weighted by Gasteiger charge is -2.07. The standard InChI is InChI=1S/C15H13Cl2N3O2S2/c16-10-3-4-12(17)13(8-10)22-6-7-23-15-20-19-14(24-15)18-9-11-2-1-5-21-11/h1-5,8H,6-7,9H2,(H,18,19). The average Bonchev–Trinajstić information content (AvgIpc) is 3.24. The summed E-state index contributed by atoms with van der Waals surface area (Å²) in [4.78, 5) is 0. The first-order valence-corrected chi connectivity index (χ1v) is 9.57. The van der Waals surface area contributed by atoms with Crippen LogP contribution in [-0.2, 0) is 6.54 Å². The second-order valence-electron chi connectivity index (χ2n) is 4.58. The minimum atomic E-state index is 0.499. The van der Waals surface area contributed by atoms with Gasteiger partial charge in [0.05, 0.1) is 24.4 Å². The van der Waals surface area contributed by atoms with E-state index in [1.54, 1.807) is 36.2 Å². The maximum atomic E-state index is 6.05. The first kappa shape index (κ1) is 17.4. The molecule has 0 fully saturated rings. The van der Waals surface area contributed by atoms with E-state index < -0.39 is 0 Å². The van der Waals surface area contributed by atoms with Gasteiger partial charge in [0.1, 0.15) is 11.5 Å². The van der Waals surface area contributed by atoms with Gasteiger partial charge in [0.2, 0.25) is 5.13 Å². The molecule has 0 aliphatic rings. The molecule has 3 aromatic rings. The van der Waals surface area contributed by atoms with Crippen LogP contribution in [0, 0.1) is 0 Å². The Balaban J connectivity index is 1.41. The molecule has 24 heavy (non-hydrogen) atoms. The number of aromatic nitrogens is 2. The monoisotopic (exact) mass is 401 g/mol. The summed E-state index contributed by atoms with van der Waals surface area (Å²) >= 11 is 15.0. The number of nitrogens with one attached hydrogen (secondary N) is 1. The van der Waals surface area contributed by atoms with Gasteiger partial charge in [-0.2, -0.15) is 0 Å². The molecule has 1 N–H and O–H groups in total. The van der Waals surface area contributed by atoms with E-state index >= 15 is 0 Å². The van der Waals surface area contributed by atoms with Gasteiger partial charge in [0.25, 0.3) is 0 Å². The van der Waals surface area contributed by atoms with E-state index in [1.807, 2.05) is 12.1 Å². The van der Waals surface area contributed by atoms with E-state index in [-0.39, 0.29) is 0 Å². The predicted octanol–water partition coefficient (Wildman–Crippen LogP) is 5.22. The predicted molar refractivity (Wildman–Crippen MR) is 98.6 cm³/mol. The lowest BCUT2D eigenvalue weighted by molar-refractivity contribution is 0.344. The molecule has 2 heterocycles. The summed E-state index contributed by atoms with van der Waals surface area (Å²) in [6, 6.07) is 8.90. The summed E-state index contributed by atoms with van der Waals surface area (Å²) in [6.45, 7) is 1.09. The minimum absolute atomic E-state index is 0.499. The van der Waals surface area contributed by atoms with Crippen molar-refractivity contribution < 1.29 is 9.15 Å². The Morgan fingerprint density at radius 1 is 1.25 bits per heavy atom. The van der Waals surface area contributed by atoms with Crippen LogP contribution in [0.25, 0.3) is 0 Å². The number of ether oxygens (including phenoxy) is 1. The van der Waals surface area contributed by atoms with Crippen molar-refractivity contribution in [3.63, 3.8) is 0 Å². The van der Waals surface area contributed by atoms with Crippen LogP contribution in [0.4, 0.5) is 5.13 Å². The molecule has 0 radical (unpaired) electrons. The molecule has 126 valence electrons. The van der Waals surface area contributed by atoms with Gasteiger partial charge in [-0.25, -0.2) is 0 Å². The maximum absolute atomic E-state index is 6.05. The van der Waals surface area contributed by atoms with Crippen molar-refractivity contribution in [3.8, 4) is 5.75 Å². The molecule has 0 unspecified atom stereocenters. The number of rotatable bonds is 8. The molecule has 0 amide bonds. The molecular weight excluding hydrogens is 389 g/mol. The normalized spacial score (nSPS) is 10.8. The Morgan fingerprint density at radius 3 is 3.00 bits per heavy atom. The molecular formula is C15H13Cl2N3O2S2. The summed E-state index contributed by atoms with van der Waals surface area (Å²) in [5.41, 5.74) is 0. The fraction of sp³-hybridized carbons (Fsp3) is 0.200. The third-order valence-electron chi connectivity index (χ3n) is 2.86. The van der Waals surface area contributed by atoms with Crippen molar-refractivity contribution in [2.45, 2.75) is 10.9 Å². The summed E-state index contributed by atoms with van der Waals surface area (Å²) in [5.74, 6) is 2.17.